The molecule has 0 saturated heterocycles. The van der Waals surface area contributed by atoms with E-state index in [0.29, 0.717) is 5.69 Å². The normalized spacial score (nSPS) is 22.6. The van der Waals surface area contributed by atoms with Gasteiger partial charge in [-0.05, 0) is 26.1 Å². The number of nitrogens with zero attached hydrogens (tertiary/aromatic N) is 1. The Hall–Kier alpha value is -2.46. The zero-order chi connectivity index (χ0) is 19.9. The van der Waals surface area contributed by atoms with E-state index in [9.17, 15) is 22.8 Å². The van der Waals surface area contributed by atoms with Crippen LogP contribution in [0.1, 0.15) is 13.8 Å². The lowest BCUT2D eigenvalue weighted by Crippen LogP contribution is -2.77. The number of carbonyl (C=O) groups excluding carboxylic acids is 3. The molecule has 4 N–H and O–H groups in total. The highest BCUT2D eigenvalue weighted by molar-refractivity contribution is 7.93. The first-order valence-corrected chi connectivity index (χ1v) is 9.69. The number of imide groups is 1. The minimum Gasteiger partial charge on any atom is -0.381 e. The van der Waals surface area contributed by atoms with Crippen LogP contribution in [-0.2, 0) is 24.2 Å². The maximum absolute atomic E-state index is 13.5. The van der Waals surface area contributed by atoms with Crippen LogP contribution in [0.15, 0.2) is 24.3 Å². The zero-order valence-corrected chi connectivity index (χ0v) is 15.8. The Kier molecular flexibility index (Phi) is 4.86. The van der Waals surface area contributed by atoms with Crippen molar-refractivity contribution in [3.63, 3.8) is 0 Å². The lowest BCUT2D eigenvalue weighted by molar-refractivity contribution is -0.134. The van der Waals surface area contributed by atoms with Gasteiger partial charge in [0.15, 0.2) is 14.6 Å². The Morgan fingerprint density at radius 1 is 1.35 bits per heavy atom. The molecule has 26 heavy (non-hydrogen) atoms. The molecule has 3 amide bonds. The summed E-state index contributed by atoms with van der Waals surface area (Å²) in [6.45, 7) is 1.95. The Balaban J connectivity index is 2.91. The van der Waals surface area contributed by atoms with E-state index in [4.69, 9.17) is 5.73 Å². The first-order chi connectivity index (χ1) is 11.9. The molecular formula is C16H22N4O5S. The van der Waals surface area contributed by atoms with Gasteiger partial charge in [0.2, 0.25) is 11.8 Å². The number of nitrogens with one attached hydrogen (secondary N) is 2. The van der Waals surface area contributed by atoms with Crippen molar-refractivity contribution >= 4 is 38.9 Å². The molecule has 0 bridgehead atoms. The number of benzene rings is 1. The number of nitrogens with two attached hydrogens (primary N) is 1. The van der Waals surface area contributed by atoms with Crippen LogP contribution in [-0.4, -0.2) is 56.3 Å². The van der Waals surface area contributed by atoms with E-state index >= 15 is 0 Å². The Bertz CT molecular complexity index is 884. The minimum atomic E-state index is -4.23. The summed E-state index contributed by atoms with van der Waals surface area (Å²) in [6, 6.07) is 6.41. The highest BCUT2D eigenvalue weighted by Crippen LogP contribution is 2.39. The van der Waals surface area contributed by atoms with Crippen LogP contribution in [0.2, 0.25) is 0 Å². The predicted molar refractivity (Wildman–Crippen MR) is 97.3 cm³/mol. The number of rotatable bonds is 4. The van der Waals surface area contributed by atoms with Crippen LogP contribution in [0, 0.1) is 0 Å². The molecule has 0 saturated carbocycles. The second kappa shape index (κ2) is 6.36. The van der Waals surface area contributed by atoms with Crippen molar-refractivity contribution in [2.45, 2.75) is 24.1 Å². The molecule has 10 heteroatoms. The summed E-state index contributed by atoms with van der Waals surface area (Å²) in [6.07, 6.45) is 0.847. The molecule has 1 heterocycles. The molecule has 0 aromatic heterocycles. The molecule has 1 aliphatic heterocycles. The fourth-order valence-corrected chi connectivity index (χ4v) is 4.98. The largest absolute Gasteiger partial charge is 0.381 e. The smallest absolute Gasteiger partial charge is 0.259 e. The topological polar surface area (TPSA) is 139 Å². The molecule has 2 atom stereocenters. The van der Waals surface area contributed by atoms with E-state index in [2.05, 4.69) is 10.6 Å². The molecule has 0 fully saturated rings. The first-order valence-electron chi connectivity index (χ1n) is 7.80. The number of likely N-dealkylation sites (N-methyl/N-ethyl adjacent to an activating group) is 1. The summed E-state index contributed by atoms with van der Waals surface area (Å²) < 4.78 is 23.4. The molecule has 142 valence electrons. The maximum atomic E-state index is 13.5. The fraction of sp³-hybridized carbons (Fsp3) is 0.438. The summed E-state index contributed by atoms with van der Waals surface area (Å²) in [5.41, 5.74) is 4.11. The monoisotopic (exact) mass is 382 g/mol. The minimum absolute atomic E-state index is 0.207. The van der Waals surface area contributed by atoms with Crippen molar-refractivity contribution in [3.05, 3.63) is 24.3 Å². The van der Waals surface area contributed by atoms with Crippen LogP contribution >= 0.6 is 0 Å². The van der Waals surface area contributed by atoms with Gasteiger partial charge >= 0.3 is 0 Å². The molecule has 1 aromatic carbocycles. The third-order valence-corrected chi connectivity index (χ3v) is 6.96. The third-order valence-electron chi connectivity index (χ3n) is 4.97. The quantitative estimate of drug-likeness (QED) is 0.622. The number of amides is 3. The van der Waals surface area contributed by atoms with E-state index < -0.39 is 44.4 Å². The van der Waals surface area contributed by atoms with Gasteiger partial charge in [-0.1, -0.05) is 12.1 Å². The van der Waals surface area contributed by atoms with Crippen molar-refractivity contribution in [1.82, 2.24) is 5.32 Å². The number of para-hydroxylation sites is 2. The Morgan fingerprint density at radius 3 is 2.38 bits per heavy atom. The summed E-state index contributed by atoms with van der Waals surface area (Å²) in [5, 5.41) is 5.48. The van der Waals surface area contributed by atoms with Gasteiger partial charge in [0.1, 0.15) is 5.54 Å². The molecule has 1 aromatic rings. The van der Waals surface area contributed by atoms with Crippen molar-refractivity contribution in [2.24, 2.45) is 5.73 Å². The molecule has 0 aliphatic carbocycles. The molecule has 9 nitrogen and oxygen atoms in total. The van der Waals surface area contributed by atoms with Crippen molar-refractivity contribution < 1.29 is 22.8 Å². The van der Waals surface area contributed by atoms with E-state index in [1.54, 1.807) is 18.2 Å². The van der Waals surface area contributed by atoms with Crippen molar-refractivity contribution in [1.29, 1.82) is 0 Å². The number of hydrogen-bond donors (Lipinski definition) is 3. The van der Waals surface area contributed by atoms with Crippen LogP contribution < -0.4 is 21.3 Å². The molecule has 0 radical (unpaired) electrons. The highest BCUT2D eigenvalue weighted by atomic mass is 32.2. The van der Waals surface area contributed by atoms with Gasteiger partial charge in [0.05, 0.1) is 11.4 Å². The highest BCUT2D eigenvalue weighted by Gasteiger charge is 2.66. The van der Waals surface area contributed by atoms with Crippen molar-refractivity contribution in [3.8, 4) is 0 Å². The van der Waals surface area contributed by atoms with E-state index in [0.717, 1.165) is 18.1 Å². The number of hydrogen-bond acceptors (Lipinski definition) is 7. The molecule has 1 aliphatic rings. The van der Waals surface area contributed by atoms with Gasteiger partial charge in [0, 0.05) is 19.7 Å². The summed E-state index contributed by atoms with van der Waals surface area (Å²) in [7, 11) is -2.89. The summed E-state index contributed by atoms with van der Waals surface area (Å²) in [4.78, 5) is 38.7. The summed E-state index contributed by atoms with van der Waals surface area (Å²) >= 11 is 0. The summed E-state index contributed by atoms with van der Waals surface area (Å²) in [5.74, 6) is -2.75. The average molecular weight is 382 g/mol. The number of anilines is 2. The third kappa shape index (κ3) is 2.56. The number of carbonyl (C=O) groups is 3. The van der Waals surface area contributed by atoms with Gasteiger partial charge in [0.25, 0.3) is 5.91 Å². The second-order valence-electron chi connectivity index (χ2n) is 6.37. The van der Waals surface area contributed by atoms with Gasteiger partial charge in [-0.15, -0.1) is 0 Å². The van der Waals surface area contributed by atoms with Gasteiger partial charge in [-0.3, -0.25) is 14.4 Å². The van der Waals surface area contributed by atoms with Gasteiger partial charge < -0.3 is 16.4 Å². The van der Waals surface area contributed by atoms with Crippen LogP contribution in [0.25, 0.3) is 0 Å². The Labute approximate surface area is 151 Å². The van der Waals surface area contributed by atoms with E-state index in [1.807, 2.05) is 0 Å². The molecular weight excluding hydrogens is 360 g/mol. The number of fused-ring (bicyclic) bond motifs is 1. The Morgan fingerprint density at radius 2 is 1.92 bits per heavy atom. The number of sulfone groups is 1. The van der Waals surface area contributed by atoms with Crippen LogP contribution in [0.5, 0.6) is 0 Å². The molecule has 0 spiro atoms. The van der Waals surface area contributed by atoms with Crippen molar-refractivity contribution in [2.75, 3.05) is 30.1 Å². The zero-order valence-electron chi connectivity index (χ0n) is 15.0. The number of primary amides is 1. The average Bonchev–Trinajstić information content (AvgIpc) is 2.67. The van der Waals surface area contributed by atoms with Gasteiger partial charge in [-0.25, -0.2) is 13.3 Å². The van der Waals surface area contributed by atoms with Gasteiger partial charge in [-0.2, -0.15) is 0 Å². The van der Waals surface area contributed by atoms with E-state index in [1.165, 1.54) is 20.0 Å². The van der Waals surface area contributed by atoms with Crippen LogP contribution in [0.3, 0.4) is 0 Å². The predicted octanol–water partition coefficient (Wildman–Crippen LogP) is -0.762. The fourth-order valence-electron chi connectivity index (χ4n) is 3.29. The molecule has 2 unspecified atom stereocenters. The standard InChI is InChI=1S/C16H22N4O5S/c1-10(21)20-12-8-6-5-7-11(12)19-9-16(14(20)23,26(4,24)25)15(2,18-3)13(17)22/h5-8,18-19H,9H2,1-4H3,(H2,17,22). The van der Waals surface area contributed by atoms with Crippen LogP contribution in [0.4, 0.5) is 11.4 Å². The lowest BCUT2D eigenvalue weighted by atomic mass is 9.82. The maximum Gasteiger partial charge on any atom is 0.259 e. The van der Waals surface area contributed by atoms with E-state index in [-0.39, 0.29) is 5.69 Å². The SMILES string of the molecule is CNC(C)(C(N)=O)C1(S(C)(=O)=O)CNc2ccccc2N(C(C)=O)C1=O. The second-order valence-corrected chi connectivity index (χ2v) is 8.61. The molecule has 2 rings (SSSR count). The lowest BCUT2D eigenvalue weighted by Gasteiger charge is -2.43. The first kappa shape index (κ1) is 19.9.